The number of hydrogen-bond donors (Lipinski definition) is 0. The zero-order chi connectivity index (χ0) is 18.7. The topological polar surface area (TPSA) is 76.4 Å². The van der Waals surface area contributed by atoms with Gasteiger partial charge in [-0.1, -0.05) is 24.3 Å². The monoisotopic (exact) mass is 358 g/mol. The van der Waals surface area contributed by atoms with E-state index in [1.165, 1.54) is 10.4 Å². The van der Waals surface area contributed by atoms with Gasteiger partial charge in [0.25, 0.3) is 0 Å². The van der Waals surface area contributed by atoms with E-state index in [0.29, 0.717) is 18.9 Å². The van der Waals surface area contributed by atoms with Crippen molar-refractivity contribution in [1.29, 1.82) is 0 Å². The molecule has 1 saturated heterocycles. The van der Waals surface area contributed by atoms with Crippen molar-refractivity contribution >= 4 is 6.09 Å². The summed E-state index contributed by atoms with van der Waals surface area (Å²) in [5.74, 6) is 0.630. The molecule has 0 unspecified atom stereocenters. The molecular weight excluding hydrogens is 332 g/mol. The molecule has 2 aromatic rings. The van der Waals surface area contributed by atoms with E-state index in [2.05, 4.69) is 32.4 Å². The normalized spacial score (nSPS) is 15.9. The first-order chi connectivity index (χ1) is 12.3. The van der Waals surface area contributed by atoms with Crippen molar-refractivity contribution in [2.45, 2.75) is 32.9 Å². The third kappa shape index (κ3) is 4.78. The first-order valence-corrected chi connectivity index (χ1v) is 8.84. The van der Waals surface area contributed by atoms with Gasteiger partial charge in [0.15, 0.2) is 0 Å². The Kier molecular flexibility index (Phi) is 5.22. The third-order valence-corrected chi connectivity index (χ3v) is 4.15. The number of amides is 1. The van der Waals surface area contributed by atoms with Crippen LogP contribution in [0.4, 0.5) is 4.79 Å². The van der Waals surface area contributed by atoms with Gasteiger partial charge in [-0.3, -0.25) is 4.90 Å². The van der Waals surface area contributed by atoms with E-state index in [4.69, 9.17) is 4.74 Å². The minimum atomic E-state index is -0.450. The molecule has 1 aromatic carbocycles. The zero-order valence-corrected chi connectivity index (χ0v) is 15.8. The number of piperazine rings is 1. The van der Waals surface area contributed by atoms with Crippen molar-refractivity contribution < 1.29 is 9.53 Å². The van der Waals surface area contributed by atoms with E-state index >= 15 is 0 Å². The van der Waals surface area contributed by atoms with E-state index in [-0.39, 0.29) is 6.09 Å². The number of carbonyl (C=O) groups excluding carboxylic acids is 1. The van der Waals surface area contributed by atoms with Gasteiger partial charge in [0.2, 0.25) is 5.82 Å². The van der Waals surface area contributed by atoms with Crippen molar-refractivity contribution in [3.8, 4) is 11.4 Å². The van der Waals surface area contributed by atoms with Crippen LogP contribution in [0.3, 0.4) is 0 Å². The van der Waals surface area contributed by atoms with Crippen LogP contribution in [0.2, 0.25) is 0 Å². The highest BCUT2D eigenvalue weighted by Crippen LogP contribution is 2.17. The van der Waals surface area contributed by atoms with Gasteiger partial charge in [-0.15, -0.1) is 10.2 Å². The molecule has 1 amide bonds. The predicted molar refractivity (Wildman–Crippen MR) is 97.3 cm³/mol. The van der Waals surface area contributed by atoms with Crippen molar-refractivity contribution in [3.05, 3.63) is 29.8 Å². The number of aryl methyl sites for hydroxylation is 1. The van der Waals surface area contributed by atoms with Crippen LogP contribution in [0.1, 0.15) is 26.3 Å². The zero-order valence-electron chi connectivity index (χ0n) is 15.8. The highest BCUT2D eigenvalue weighted by Gasteiger charge is 2.25. The number of hydrogen-bond acceptors (Lipinski definition) is 6. The highest BCUT2D eigenvalue weighted by atomic mass is 16.6. The summed E-state index contributed by atoms with van der Waals surface area (Å²) in [5, 5.41) is 12.1. The van der Waals surface area contributed by atoms with Gasteiger partial charge in [0.1, 0.15) is 5.60 Å². The van der Waals surface area contributed by atoms with Gasteiger partial charge in [-0.25, -0.2) is 4.79 Å². The molecule has 8 heteroatoms. The van der Waals surface area contributed by atoms with Gasteiger partial charge in [0, 0.05) is 38.3 Å². The smallest absolute Gasteiger partial charge is 0.410 e. The summed E-state index contributed by atoms with van der Waals surface area (Å²) in [5.41, 5.74) is 1.73. The predicted octanol–water partition coefficient (Wildman–Crippen LogP) is 1.93. The Labute approximate surface area is 153 Å². The maximum absolute atomic E-state index is 12.1. The Balaban J connectivity index is 1.51. The van der Waals surface area contributed by atoms with Gasteiger partial charge in [-0.2, -0.15) is 4.80 Å². The molecule has 0 radical (unpaired) electrons. The molecule has 1 aliphatic rings. The maximum atomic E-state index is 12.1. The van der Waals surface area contributed by atoms with Crippen LogP contribution in [0.25, 0.3) is 11.4 Å². The maximum Gasteiger partial charge on any atom is 0.410 e. The van der Waals surface area contributed by atoms with Crippen molar-refractivity contribution in [2.75, 3.05) is 26.2 Å². The largest absolute Gasteiger partial charge is 0.444 e. The highest BCUT2D eigenvalue weighted by molar-refractivity contribution is 5.68. The van der Waals surface area contributed by atoms with Crippen LogP contribution in [0.15, 0.2) is 24.3 Å². The van der Waals surface area contributed by atoms with Gasteiger partial charge < -0.3 is 9.64 Å². The molecule has 8 nitrogen and oxygen atoms in total. The van der Waals surface area contributed by atoms with E-state index < -0.39 is 5.60 Å². The second kappa shape index (κ2) is 7.41. The summed E-state index contributed by atoms with van der Waals surface area (Å²) in [7, 11) is 1.75. The first kappa shape index (κ1) is 18.3. The van der Waals surface area contributed by atoms with Gasteiger partial charge in [-0.05, 0) is 31.5 Å². The Bertz CT molecular complexity index is 742. The average Bonchev–Trinajstić information content (AvgIpc) is 3.01. The van der Waals surface area contributed by atoms with Crippen molar-refractivity contribution in [1.82, 2.24) is 30.0 Å². The summed E-state index contributed by atoms with van der Waals surface area (Å²) < 4.78 is 5.44. The molecule has 1 aromatic heterocycles. The fourth-order valence-corrected chi connectivity index (χ4v) is 2.83. The molecule has 1 fully saturated rings. The fourth-order valence-electron chi connectivity index (χ4n) is 2.83. The summed E-state index contributed by atoms with van der Waals surface area (Å²) in [6.45, 7) is 9.59. The number of benzene rings is 1. The SMILES string of the molecule is Cn1nnc(-c2ccc(CN3CCN(C(=O)OC(C)(C)C)CC3)cc2)n1. The van der Waals surface area contributed by atoms with Crippen LogP contribution in [-0.4, -0.2) is 67.9 Å². The van der Waals surface area contributed by atoms with Crippen LogP contribution in [-0.2, 0) is 18.3 Å². The Morgan fingerprint density at radius 1 is 1.12 bits per heavy atom. The minimum Gasteiger partial charge on any atom is -0.444 e. The Morgan fingerprint density at radius 2 is 1.77 bits per heavy atom. The molecule has 140 valence electrons. The van der Waals surface area contributed by atoms with Gasteiger partial charge in [0.05, 0.1) is 7.05 Å². The average molecular weight is 358 g/mol. The number of aromatic nitrogens is 4. The van der Waals surface area contributed by atoms with E-state index in [0.717, 1.165) is 25.2 Å². The second-order valence-corrected chi connectivity index (χ2v) is 7.54. The summed E-state index contributed by atoms with van der Waals surface area (Å²) in [4.78, 5) is 17.7. The van der Waals surface area contributed by atoms with E-state index in [1.807, 2.05) is 32.9 Å². The van der Waals surface area contributed by atoms with Gasteiger partial charge >= 0.3 is 6.09 Å². The molecule has 26 heavy (non-hydrogen) atoms. The molecular formula is C18H26N6O2. The lowest BCUT2D eigenvalue weighted by atomic mass is 10.1. The minimum absolute atomic E-state index is 0.224. The van der Waals surface area contributed by atoms with E-state index in [1.54, 1.807) is 11.9 Å². The van der Waals surface area contributed by atoms with Crippen LogP contribution >= 0.6 is 0 Å². The van der Waals surface area contributed by atoms with E-state index in [9.17, 15) is 4.79 Å². The molecule has 0 N–H and O–H groups in total. The fraction of sp³-hybridized carbons (Fsp3) is 0.556. The molecule has 0 spiro atoms. The van der Waals surface area contributed by atoms with Crippen molar-refractivity contribution in [3.63, 3.8) is 0 Å². The number of ether oxygens (including phenoxy) is 1. The summed E-state index contributed by atoms with van der Waals surface area (Å²) >= 11 is 0. The lowest BCUT2D eigenvalue weighted by Crippen LogP contribution is -2.49. The third-order valence-electron chi connectivity index (χ3n) is 4.15. The number of tetrazole rings is 1. The quantitative estimate of drug-likeness (QED) is 0.834. The number of nitrogens with zero attached hydrogens (tertiary/aromatic N) is 6. The molecule has 3 rings (SSSR count). The van der Waals surface area contributed by atoms with Crippen LogP contribution < -0.4 is 0 Å². The lowest BCUT2D eigenvalue weighted by Gasteiger charge is -2.35. The van der Waals surface area contributed by atoms with Crippen molar-refractivity contribution in [2.24, 2.45) is 7.05 Å². The molecule has 0 saturated carbocycles. The number of carbonyl (C=O) groups is 1. The standard InChI is InChI=1S/C18H26N6O2/c1-18(2,3)26-17(25)24-11-9-23(10-12-24)13-14-5-7-15(8-6-14)16-19-21-22(4)20-16/h5-8H,9-13H2,1-4H3. The molecule has 1 aliphatic heterocycles. The molecule has 0 atom stereocenters. The van der Waals surface area contributed by atoms with Crippen LogP contribution in [0, 0.1) is 0 Å². The molecule has 0 aliphatic carbocycles. The Morgan fingerprint density at radius 3 is 2.31 bits per heavy atom. The summed E-state index contributed by atoms with van der Waals surface area (Å²) in [6.07, 6.45) is -0.224. The summed E-state index contributed by atoms with van der Waals surface area (Å²) in [6, 6.07) is 8.21. The molecule has 2 heterocycles. The Hall–Kier alpha value is -2.48. The first-order valence-electron chi connectivity index (χ1n) is 8.84. The van der Waals surface area contributed by atoms with Crippen LogP contribution in [0.5, 0.6) is 0 Å². The second-order valence-electron chi connectivity index (χ2n) is 7.54. The number of rotatable bonds is 3. The lowest BCUT2D eigenvalue weighted by molar-refractivity contribution is 0.0139. The molecule has 0 bridgehead atoms.